The lowest BCUT2D eigenvalue weighted by molar-refractivity contribution is 0.126. The summed E-state index contributed by atoms with van der Waals surface area (Å²) in [5.74, 6) is 0.613. The Morgan fingerprint density at radius 3 is 2.00 bits per heavy atom. The molecule has 3 rings (SSSR count). The highest BCUT2D eigenvalue weighted by Crippen LogP contribution is 2.26. The molecule has 2 heterocycles. The lowest BCUT2D eigenvalue weighted by atomic mass is 9.97. The maximum Gasteiger partial charge on any atom is 0.0476 e. The van der Waals surface area contributed by atoms with Crippen molar-refractivity contribution in [3.63, 3.8) is 0 Å². The first-order valence-corrected chi connectivity index (χ1v) is 10.0. The number of piperazine rings is 1. The van der Waals surface area contributed by atoms with Crippen molar-refractivity contribution in [2.24, 2.45) is 0 Å². The number of hydrogen-bond acceptors (Lipinski definition) is 3. The van der Waals surface area contributed by atoms with Gasteiger partial charge in [-0.05, 0) is 43.0 Å². The van der Waals surface area contributed by atoms with Gasteiger partial charge in [0.1, 0.15) is 0 Å². The molecule has 134 valence electrons. The fourth-order valence-corrected chi connectivity index (χ4v) is 4.09. The Hall–Kier alpha value is -0.900. The Kier molecular flexibility index (Phi) is 6.70. The maximum atomic E-state index is 3.50. The van der Waals surface area contributed by atoms with Crippen LogP contribution in [0.15, 0.2) is 24.3 Å². The van der Waals surface area contributed by atoms with Crippen LogP contribution in [0.2, 0.25) is 0 Å². The van der Waals surface area contributed by atoms with Crippen molar-refractivity contribution in [1.82, 2.24) is 15.1 Å². The van der Waals surface area contributed by atoms with Gasteiger partial charge in [0.25, 0.3) is 0 Å². The fourth-order valence-electron chi connectivity index (χ4n) is 4.09. The van der Waals surface area contributed by atoms with Gasteiger partial charge < -0.3 is 10.2 Å². The second-order valence-corrected chi connectivity index (χ2v) is 7.84. The molecule has 2 aliphatic heterocycles. The predicted octanol–water partition coefficient (Wildman–Crippen LogP) is 3.63. The Bertz CT molecular complexity index is 468. The van der Waals surface area contributed by atoms with Crippen LogP contribution in [0.3, 0.4) is 0 Å². The Labute approximate surface area is 148 Å². The van der Waals surface area contributed by atoms with Crippen LogP contribution in [0.1, 0.15) is 62.6 Å². The monoisotopic (exact) mass is 329 g/mol. The molecule has 1 N–H and O–H groups in total. The van der Waals surface area contributed by atoms with Crippen LogP contribution in [0, 0.1) is 0 Å². The third kappa shape index (κ3) is 4.81. The molecular weight excluding hydrogens is 294 g/mol. The molecule has 0 bridgehead atoms. The lowest BCUT2D eigenvalue weighted by Gasteiger charge is -2.38. The van der Waals surface area contributed by atoms with E-state index in [4.69, 9.17) is 0 Å². The average molecular weight is 330 g/mol. The summed E-state index contributed by atoms with van der Waals surface area (Å²) in [5.41, 5.74) is 2.96. The molecule has 3 heteroatoms. The van der Waals surface area contributed by atoms with E-state index in [1.165, 1.54) is 69.5 Å². The molecule has 1 unspecified atom stereocenters. The van der Waals surface area contributed by atoms with E-state index in [9.17, 15) is 0 Å². The summed E-state index contributed by atoms with van der Waals surface area (Å²) in [5, 5.41) is 3.50. The van der Waals surface area contributed by atoms with Crippen LogP contribution in [0.25, 0.3) is 0 Å². The fraction of sp³-hybridized carbons (Fsp3) is 0.714. The highest BCUT2D eigenvalue weighted by Gasteiger charge is 2.25. The van der Waals surface area contributed by atoms with Crippen LogP contribution in [0.4, 0.5) is 0 Å². The zero-order valence-corrected chi connectivity index (χ0v) is 15.6. The van der Waals surface area contributed by atoms with Crippen molar-refractivity contribution >= 4 is 0 Å². The summed E-state index contributed by atoms with van der Waals surface area (Å²) in [6, 6.07) is 10.0. The van der Waals surface area contributed by atoms with Crippen molar-refractivity contribution in [3.8, 4) is 0 Å². The number of benzene rings is 1. The Balaban J connectivity index is 1.75. The van der Waals surface area contributed by atoms with Crippen LogP contribution >= 0.6 is 0 Å². The first kappa shape index (κ1) is 17.9. The highest BCUT2D eigenvalue weighted by atomic mass is 15.2. The predicted molar refractivity (Wildman–Crippen MR) is 103 cm³/mol. The smallest absolute Gasteiger partial charge is 0.0476 e. The third-order valence-corrected chi connectivity index (χ3v) is 5.71. The minimum Gasteiger partial charge on any atom is -0.314 e. The first-order valence-electron chi connectivity index (χ1n) is 10.0. The van der Waals surface area contributed by atoms with Crippen molar-refractivity contribution in [2.75, 3.05) is 45.8 Å². The zero-order valence-electron chi connectivity index (χ0n) is 15.6. The SMILES string of the molecule is CC(C)c1ccc(C(CN2CCCCCC2)N2CCNCC2)cc1. The van der Waals surface area contributed by atoms with E-state index in [2.05, 4.69) is 53.2 Å². The van der Waals surface area contributed by atoms with Crippen LogP contribution in [0.5, 0.6) is 0 Å². The molecule has 0 spiro atoms. The van der Waals surface area contributed by atoms with E-state index in [1.807, 2.05) is 0 Å². The van der Waals surface area contributed by atoms with E-state index in [-0.39, 0.29) is 0 Å². The Morgan fingerprint density at radius 1 is 0.833 bits per heavy atom. The third-order valence-electron chi connectivity index (χ3n) is 5.71. The summed E-state index contributed by atoms with van der Waals surface area (Å²) in [7, 11) is 0. The minimum absolute atomic E-state index is 0.548. The molecule has 0 aliphatic carbocycles. The second kappa shape index (κ2) is 8.98. The first-order chi connectivity index (χ1) is 11.7. The normalized spacial score (nSPS) is 22.5. The molecule has 0 amide bonds. The van der Waals surface area contributed by atoms with Crippen molar-refractivity contribution in [3.05, 3.63) is 35.4 Å². The second-order valence-electron chi connectivity index (χ2n) is 7.84. The van der Waals surface area contributed by atoms with Crippen LogP contribution in [-0.4, -0.2) is 55.6 Å². The van der Waals surface area contributed by atoms with E-state index < -0.39 is 0 Å². The topological polar surface area (TPSA) is 18.5 Å². The van der Waals surface area contributed by atoms with Gasteiger partial charge in [0.15, 0.2) is 0 Å². The number of likely N-dealkylation sites (tertiary alicyclic amines) is 1. The van der Waals surface area contributed by atoms with E-state index in [0.717, 1.165) is 13.1 Å². The van der Waals surface area contributed by atoms with Crippen LogP contribution < -0.4 is 5.32 Å². The molecule has 0 aromatic heterocycles. The maximum absolute atomic E-state index is 3.50. The van der Waals surface area contributed by atoms with Gasteiger partial charge in [0, 0.05) is 38.8 Å². The molecule has 1 aromatic carbocycles. The highest BCUT2D eigenvalue weighted by molar-refractivity contribution is 5.27. The van der Waals surface area contributed by atoms with Gasteiger partial charge in [-0.25, -0.2) is 0 Å². The van der Waals surface area contributed by atoms with Gasteiger partial charge in [-0.1, -0.05) is 51.0 Å². The van der Waals surface area contributed by atoms with Gasteiger partial charge in [-0.15, -0.1) is 0 Å². The van der Waals surface area contributed by atoms with Crippen molar-refractivity contribution in [1.29, 1.82) is 0 Å². The molecule has 0 saturated carbocycles. The van der Waals surface area contributed by atoms with Gasteiger partial charge >= 0.3 is 0 Å². The number of nitrogens with one attached hydrogen (secondary N) is 1. The van der Waals surface area contributed by atoms with E-state index in [0.29, 0.717) is 12.0 Å². The van der Waals surface area contributed by atoms with Gasteiger partial charge in [-0.2, -0.15) is 0 Å². The molecule has 1 atom stereocenters. The van der Waals surface area contributed by atoms with Crippen LogP contribution in [-0.2, 0) is 0 Å². The molecule has 0 radical (unpaired) electrons. The van der Waals surface area contributed by atoms with Gasteiger partial charge in [0.05, 0.1) is 0 Å². The molecule has 2 saturated heterocycles. The minimum atomic E-state index is 0.548. The van der Waals surface area contributed by atoms with E-state index in [1.54, 1.807) is 0 Å². The lowest BCUT2D eigenvalue weighted by Crippen LogP contribution is -2.48. The number of hydrogen-bond donors (Lipinski definition) is 1. The molecular formula is C21H35N3. The van der Waals surface area contributed by atoms with Gasteiger partial charge in [0.2, 0.25) is 0 Å². The summed E-state index contributed by atoms with van der Waals surface area (Å²) < 4.78 is 0. The quantitative estimate of drug-likeness (QED) is 0.890. The number of nitrogens with zero attached hydrogens (tertiary/aromatic N) is 2. The largest absolute Gasteiger partial charge is 0.314 e. The van der Waals surface area contributed by atoms with Crippen molar-refractivity contribution < 1.29 is 0 Å². The standard InChI is InChI=1S/C21H35N3/c1-18(2)19-7-9-20(10-8-19)21(24-15-11-22-12-16-24)17-23-13-5-3-4-6-14-23/h7-10,18,21-22H,3-6,11-17H2,1-2H3. The summed E-state index contributed by atoms with van der Waals surface area (Å²) in [6.45, 7) is 12.9. The molecule has 24 heavy (non-hydrogen) atoms. The van der Waals surface area contributed by atoms with Gasteiger partial charge in [-0.3, -0.25) is 4.90 Å². The molecule has 2 fully saturated rings. The van der Waals surface area contributed by atoms with E-state index >= 15 is 0 Å². The molecule has 1 aromatic rings. The summed E-state index contributed by atoms with van der Waals surface area (Å²) >= 11 is 0. The molecule has 2 aliphatic rings. The summed E-state index contributed by atoms with van der Waals surface area (Å²) in [6.07, 6.45) is 5.58. The zero-order chi connectivity index (χ0) is 16.8. The average Bonchev–Trinajstić information content (AvgIpc) is 2.89. The Morgan fingerprint density at radius 2 is 1.42 bits per heavy atom. The summed E-state index contributed by atoms with van der Waals surface area (Å²) in [4.78, 5) is 5.42. The number of rotatable bonds is 5. The molecule has 3 nitrogen and oxygen atoms in total. The van der Waals surface area contributed by atoms with Crippen molar-refractivity contribution in [2.45, 2.75) is 51.5 Å².